The number of carbonyl (C=O) groups is 2. The molecule has 1 unspecified atom stereocenters. The Balaban J connectivity index is 1.90. The lowest BCUT2D eigenvalue weighted by Crippen LogP contribution is -2.36. The van der Waals surface area contributed by atoms with E-state index in [0.717, 1.165) is 5.69 Å². The van der Waals surface area contributed by atoms with E-state index in [1.165, 1.54) is 4.90 Å². The Morgan fingerprint density at radius 2 is 1.72 bits per heavy atom. The molecule has 1 heterocycles. The lowest BCUT2D eigenvalue weighted by Gasteiger charge is -2.25. The fourth-order valence-electron chi connectivity index (χ4n) is 3.28. The van der Waals surface area contributed by atoms with Crippen LogP contribution < -0.4 is 0 Å². The van der Waals surface area contributed by atoms with Crippen LogP contribution in [-0.4, -0.2) is 33.4 Å². The Morgan fingerprint density at radius 3 is 2.34 bits per heavy atom. The largest absolute Gasteiger partial charge is 0.332 e. The molecule has 0 saturated heterocycles. The Bertz CT molecular complexity index is 1080. The quantitative estimate of drug-likeness (QED) is 0.413. The van der Waals surface area contributed by atoms with Gasteiger partial charge in [0.05, 0.1) is 28.7 Å². The van der Waals surface area contributed by atoms with Crippen molar-refractivity contribution in [2.75, 3.05) is 7.05 Å². The van der Waals surface area contributed by atoms with E-state index < -0.39 is 17.7 Å². The molecule has 0 aliphatic rings. The van der Waals surface area contributed by atoms with Gasteiger partial charge in [0.1, 0.15) is 0 Å². The maximum atomic E-state index is 13.0. The van der Waals surface area contributed by atoms with Gasteiger partial charge in [-0.25, -0.2) is 4.68 Å². The molecule has 0 fully saturated rings. The van der Waals surface area contributed by atoms with Gasteiger partial charge in [0.25, 0.3) is 11.7 Å². The minimum absolute atomic E-state index is 0.320. The van der Waals surface area contributed by atoms with Crippen molar-refractivity contribution in [3.63, 3.8) is 0 Å². The molecule has 3 rings (SSSR count). The van der Waals surface area contributed by atoms with Crippen molar-refractivity contribution in [2.24, 2.45) is 0 Å². The van der Waals surface area contributed by atoms with Crippen LogP contribution in [0.15, 0.2) is 48.5 Å². The number of benzene rings is 2. The van der Waals surface area contributed by atoms with Crippen molar-refractivity contribution in [3.8, 4) is 5.69 Å². The molecule has 0 spiro atoms. The summed E-state index contributed by atoms with van der Waals surface area (Å²) in [6.07, 6.45) is 0. The zero-order chi connectivity index (χ0) is 21.3. The second kappa shape index (κ2) is 8.39. The Labute approximate surface area is 179 Å². The number of nitrogens with zero attached hydrogens (tertiary/aromatic N) is 3. The lowest BCUT2D eigenvalue weighted by atomic mass is 10.0. The molecule has 7 heteroatoms. The van der Waals surface area contributed by atoms with Crippen molar-refractivity contribution in [1.82, 2.24) is 14.7 Å². The Hall–Kier alpha value is -2.63. The molecule has 0 bridgehead atoms. The van der Waals surface area contributed by atoms with Gasteiger partial charge in [0.2, 0.25) is 0 Å². The molecule has 1 aromatic heterocycles. The molecular weight excluding hydrogens is 409 g/mol. The minimum Gasteiger partial charge on any atom is -0.332 e. The third kappa shape index (κ3) is 4.07. The SMILES string of the molecule is Cc1nn(-c2ccccc2)c(C)c1C(=O)C(=O)N(C)C(C)c1ccc(Cl)cc1Cl. The number of ketones is 1. The van der Waals surface area contributed by atoms with Gasteiger partial charge in [-0.05, 0) is 50.6 Å². The smallest absolute Gasteiger partial charge is 0.295 e. The van der Waals surface area contributed by atoms with Crippen LogP contribution in [0.5, 0.6) is 0 Å². The van der Waals surface area contributed by atoms with Crippen LogP contribution in [0.4, 0.5) is 0 Å². The van der Waals surface area contributed by atoms with E-state index in [2.05, 4.69) is 5.10 Å². The van der Waals surface area contributed by atoms with Crippen LogP contribution in [0, 0.1) is 13.8 Å². The van der Waals surface area contributed by atoms with Crippen molar-refractivity contribution in [1.29, 1.82) is 0 Å². The first-order valence-electron chi connectivity index (χ1n) is 9.10. The zero-order valence-electron chi connectivity index (χ0n) is 16.6. The molecular formula is C22H21Cl2N3O2. The van der Waals surface area contributed by atoms with Crippen LogP contribution in [0.2, 0.25) is 10.0 Å². The predicted octanol–water partition coefficient (Wildman–Crippen LogP) is 5.20. The summed E-state index contributed by atoms with van der Waals surface area (Å²) in [5, 5.41) is 5.41. The lowest BCUT2D eigenvalue weighted by molar-refractivity contribution is -0.127. The van der Waals surface area contributed by atoms with E-state index in [1.807, 2.05) is 37.3 Å². The van der Waals surface area contributed by atoms with Crippen LogP contribution in [0.25, 0.3) is 5.69 Å². The topological polar surface area (TPSA) is 55.2 Å². The number of halogens is 2. The van der Waals surface area contributed by atoms with Crippen molar-refractivity contribution >= 4 is 34.9 Å². The predicted molar refractivity (Wildman–Crippen MR) is 115 cm³/mol. The number of para-hydroxylation sites is 1. The third-order valence-corrected chi connectivity index (χ3v) is 5.59. The average Bonchev–Trinajstić information content (AvgIpc) is 3.00. The molecule has 0 saturated carbocycles. The van der Waals surface area contributed by atoms with Crippen LogP contribution in [-0.2, 0) is 4.79 Å². The van der Waals surface area contributed by atoms with Crippen molar-refractivity contribution < 1.29 is 9.59 Å². The van der Waals surface area contributed by atoms with Crippen molar-refractivity contribution in [3.05, 3.63) is 81.1 Å². The standard InChI is InChI=1S/C22H21Cl2N3O2/c1-13-20(15(3)27(25-13)17-8-6-5-7-9-17)21(28)22(29)26(4)14(2)18-11-10-16(23)12-19(18)24/h5-12,14H,1-4H3. The maximum absolute atomic E-state index is 13.0. The van der Waals surface area contributed by atoms with E-state index in [4.69, 9.17) is 23.2 Å². The van der Waals surface area contributed by atoms with Gasteiger partial charge in [-0.1, -0.05) is 47.5 Å². The average molecular weight is 430 g/mol. The molecule has 2 aromatic carbocycles. The summed E-state index contributed by atoms with van der Waals surface area (Å²) in [5.74, 6) is -1.22. The fraction of sp³-hybridized carbons (Fsp3) is 0.227. The molecule has 0 aliphatic carbocycles. The Morgan fingerprint density at radius 1 is 1.07 bits per heavy atom. The molecule has 29 heavy (non-hydrogen) atoms. The Kier molecular flexibility index (Phi) is 6.10. The molecule has 0 aliphatic heterocycles. The summed E-state index contributed by atoms with van der Waals surface area (Å²) >= 11 is 12.2. The molecule has 5 nitrogen and oxygen atoms in total. The van der Waals surface area contributed by atoms with E-state index in [1.54, 1.807) is 43.8 Å². The van der Waals surface area contributed by atoms with Gasteiger partial charge < -0.3 is 4.90 Å². The molecule has 1 amide bonds. The number of amides is 1. The summed E-state index contributed by atoms with van der Waals surface area (Å²) in [6.45, 7) is 5.33. The summed E-state index contributed by atoms with van der Waals surface area (Å²) in [6, 6.07) is 14.2. The van der Waals surface area contributed by atoms with E-state index >= 15 is 0 Å². The molecule has 3 aromatic rings. The van der Waals surface area contributed by atoms with Crippen LogP contribution in [0.3, 0.4) is 0 Å². The highest BCUT2D eigenvalue weighted by Gasteiger charge is 2.30. The van der Waals surface area contributed by atoms with E-state index in [9.17, 15) is 9.59 Å². The second-order valence-corrected chi connectivity index (χ2v) is 7.72. The molecule has 150 valence electrons. The maximum Gasteiger partial charge on any atom is 0.295 e. The molecule has 0 radical (unpaired) electrons. The first-order chi connectivity index (χ1) is 13.7. The first-order valence-corrected chi connectivity index (χ1v) is 9.86. The number of likely N-dealkylation sites (N-methyl/N-ethyl adjacent to an activating group) is 1. The van der Waals surface area contributed by atoms with Gasteiger partial charge in [-0.3, -0.25) is 9.59 Å². The third-order valence-electron chi connectivity index (χ3n) is 5.03. The van der Waals surface area contributed by atoms with Gasteiger partial charge in [0.15, 0.2) is 0 Å². The second-order valence-electron chi connectivity index (χ2n) is 6.88. The minimum atomic E-state index is -0.623. The van der Waals surface area contributed by atoms with Gasteiger partial charge in [-0.15, -0.1) is 0 Å². The van der Waals surface area contributed by atoms with Gasteiger partial charge >= 0.3 is 0 Å². The van der Waals surface area contributed by atoms with Gasteiger partial charge in [0, 0.05) is 17.1 Å². The first kappa shape index (κ1) is 21.1. The normalized spacial score (nSPS) is 11.9. The number of hydrogen-bond acceptors (Lipinski definition) is 3. The highest BCUT2D eigenvalue weighted by Crippen LogP contribution is 2.30. The molecule has 1 atom stereocenters. The van der Waals surface area contributed by atoms with Crippen LogP contribution >= 0.6 is 23.2 Å². The zero-order valence-corrected chi connectivity index (χ0v) is 18.1. The fourth-order valence-corrected chi connectivity index (χ4v) is 3.85. The summed E-state index contributed by atoms with van der Waals surface area (Å²) < 4.78 is 1.68. The number of Topliss-reactive ketones (excluding diaryl/α,β-unsaturated/α-hetero) is 1. The van der Waals surface area contributed by atoms with Crippen LogP contribution in [0.1, 0.15) is 40.3 Å². The van der Waals surface area contributed by atoms with E-state index in [-0.39, 0.29) is 0 Å². The highest BCUT2D eigenvalue weighted by atomic mass is 35.5. The highest BCUT2D eigenvalue weighted by molar-refractivity contribution is 6.43. The number of carbonyl (C=O) groups excluding carboxylic acids is 2. The van der Waals surface area contributed by atoms with E-state index in [0.29, 0.717) is 32.6 Å². The summed E-state index contributed by atoms with van der Waals surface area (Å²) in [4.78, 5) is 27.4. The number of hydrogen-bond donors (Lipinski definition) is 0. The number of aromatic nitrogens is 2. The summed E-state index contributed by atoms with van der Waals surface area (Å²) in [7, 11) is 1.59. The number of aryl methyl sites for hydroxylation is 1. The number of rotatable bonds is 5. The van der Waals surface area contributed by atoms with Gasteiger partial charge in [-0.2, -0.15) is 5.10 Å². The summed E-state index contributed by atoms with van der Waals surface area (Å²) in [5.41, 5.74) is 3.00. The molecule has 0 N–H and O–H groups in total. The van der Waals surface area contributed by atoms with Crippen molar-refractivity contribution in [2.45, 2.75) is 26.8 Å². The monoisotopic (exact) mass is 429 g/mol.